The molecule has 1 aliphatic heterocycles. The summed E-state index contributed by atoms with van der Waals surface area (Å²) < 4.78 is 1.56. The van der Waals surface area contributed by atoms with E-state index in [4.69, 9.17) is 0 Å². The van der Waals surface area contributed by atoms with E-state index in [9.17, 15) is 19.2 Å². The number of thioether (sulfide) groups is 1. The van der Waals surface area contributed by atoms with Crippen LogP contribution >= 0.6 is 11.8 Å². The van der Waals surface area contributed by atoms with Crippen molar-refractivity contribution in [1.29, 1.82) is 0 Å². The molecule has 1 aromatic carbocycles. The van der Waals surface area contributed by atoms with Crippen molar-refractivity contribution in [3.63, 3.8) is 0 Å². The predicted molar refractivity (Wildman–Crippen MR) is 116 cm³/mol. The Morgan fingerprint density at radius 1 is 1.19 bits per heavy atom. The van der Waals surface area contributed by atoms with Gasteiger partial charge in [0.05, 0.1) is 16.7 Å². The summed E-state index contributed by atoms with van der Waals surface area (Å²) in [7, 11) is 0. The van der Waals surface area contributed by atoms with Gasteiger partial charge in [-0.1, -0.05) is 50.1 Å². The molecule has 0 radical (unpaired) electrons. The molecule has 2 heterocycles. The monoisotopic (exact) mass is 443 g/mol. The molecule has 31 heavy (non-hydrogen) atoms. The molecule has 1 spiro atoms. The van der Waals surface area contributed by atoms with Crippen molar-refractivity contribution < 1.29 is 14.4 Å². The standard InChI is InChI=1S/C21H25N5O4S/c1-2-12-25-17(28)14-8-4-5-9-15(14)22-20(25)31-13-16(27)24-26-18(29)21(23-19(26)30)10-6-3-7-11-21/h4-5,8-9H,2-3,6-7,10-13H2,1H3,(H,23,30)(H,24,27). The SMILES string of the molecule is CCCn1c(SCC(=O)NN2C(=O)NC3(CCCCC3)C2=O)nc2ccccc2c1=O. The average Bonchev–Trinajstić information content (AvgIpc) is 2.99. The quantitative estimate of drug-likeness (QED) is 0.402. The van der Waals surface area contributed by atoms with Gasteiger partial charge >= 0.3 is 6.03 Å². The number of hydrazine groups is 1. The third-order valence-electron chi connectivity index (χ3n) is 5.71. The maximum absolute atomic E-state index is 12.8. The number of aromatic nitrogens is 2. The molecule has 2 N–H and O–H groups in total. The zero-order chi connectivity index (χ0) is 22.0. The highest BCUT2D eigenvalue weighted by Gasteiger charge is 2.52. The van der Waals surface area contributed by atoms with E-state index in [-0.39, 0.29) is 11.3 Å². The van der Waals surface area contributed by atoms with Crippen LogP contribution in [0.4, 0.5) is 4.79 Å². The van der Waals surface area contributed by atoms with Gasteiger partial charge in [-0.2, -0.15) is 5.01 Å². The lowest BCUT2D eigenvalue weighted by Gasteiger charge is -2.30. The van der Waals surface area contributed by atoms with E-state index in [1.54, 1.807) is 28.8 Å². The molecule has 1 aliphatic carbocycles. The summed E-state index contributed by atoms with van der Waals surface area (Å²) in [6, 6.07) is 6.49. The summed E-state index contributed by atoms with van der Waals surface area (Å²) in [6.07, 6.45) is 4.68. The maximum Gasteiger partial charge on any atom is 0.344 e. The van der Waals surface area contributed by atoms with Crippen LogP contribution in [0.1, 0.15) is 45.4 Å². The van der Waals surface area contributed by atoms with Gasteiger partial charge in [0.15, 0.2) is 5.16 Å². The smallest absolute Gasteiger partial charge is 0.322 e. The molecule has 10 heteroatoms. The Hall–Kier alpha value is -2.88. The number of imide groups is 1. The van der Waals surface area contributed by atoms with Gasteiger partial charge in [-0.15, -0.1) is 0 Å². The van der Waals surface area contributed by atoms with Gasteiger partial charge in [-0.25, -0.2) is 9.78 Å². The molecule has 4 rings (SSSR count). The minimum atomic E-state index is -0.892. The Bertz CT molecular complexity index is 1090. The molecule has 164 valence electrons. The fourth-order valence-electron chi connectivity index (χ4n) is 4.18. The van der Waals surface area contributed by atoms with E-state index >= 15 is 0 Å². The summed E-state index contributed by atoms with van der Waals surface area (Å²) >= 11 is 1.11. The highest BCUT2D eigenvalue weighted by atomic mass is 32.2. The lowest BCUT2D eigenvalue weighted by Crippen LogP contribution is -2.51. The molecule has 9 nitrogen and oxygen atoms in total. The van der Waals surface area contributed by atoms with Crippen molar-refractivity contribution in [3.05, 3.63) is 34.6 Å². The van der Waals surface area contributed by atoms with E-state index in [1.165, 1.54) is 0 Å². The maximum atomic E-state index is 12.8. The number of hydrogen-bond acceptors (Lipinski definition) is 6. The van der Waals surface area contributed by atoms with Crippen LogP contribution in [0, 0.1) is 0 Å². The summed E-state index contributed by atoms with van der Waals surface area (Å²) in [5, 5.41) is 4.51. The number of nitrogens with one attached hydrogen (secondary N) is 2. The third kappa shape index (κ3) is 4.04. The molecule has 2 aliphatic rings. The van der Waals surface area contributed by atoms with Crippen LogP contribution in [0.5, 0.6) is 0 Å². The van der Waals surface area contributed by atoms with Crippen molar-refractivity contribution in [2.24, 2.45) is 0 Å². The Morgan fingerprint density at radius 3 is 2.68 bits per heavy atom. The first-order valence-electron chi connectivity index (χ1n) is 10.5. The minimum Gasteiger partial charge on any atom is -0.322 e. The van der Waals surface area contributed by atoms with Crippen LogP contribution in [-0.4, -0.2) is 43.7 Å². The van der Waals surface area contributed by atoms with Gasteiger partial charge in [0.25, 0.3) is 11.5 Å². The van der Waals surface area contributed by atoms with Crippen LogP contribution in [0.25, 0.3) is 10.9 Å². The Kier molecular flexibility index (Phi) is 5.99. The molecular formula is C21H25N5O4S. The average molecular weight is 444 g/mol. The summed E-state index contributed by atoms with van der Waals surface area (Å²) in [4.78, 5) is 55.0. The normalized spacial score (nSPS) is 17.9. The van der Waals surface area contributed by atoms with Gasteiger partial charge in [-0.3, -0.25) is 24.4 Å². The molecular weight excluding hydrogens is 418 g/mol. The second-order valence-corrected chi connectivity index (χ2v) is 8.85. The number of nitrogens with zero attached hydrogens (tertiary/aromatic N) is 3. The highest BCUT2D eigenvalue weighted by Crippen LogP contribution is 2.33. The molecule has 1 aromatic heterocycles. The largest absolute Gasteiger partial charge is 0.344 e. The Balaban J connectivity index is 1.47. The van der Waals surface area contributed by atoms with Crippen molar-refractivity contribution in [3.8, 4) is 0 Å². The van der Waals surface area contributed by atoms with E-state index < -0.39 is 23.4 Å². The summed E-state index contributed by atoms with van der Waals surface area (Å²) in [5.74, 6) is -0.993. The molecule has 2 fully saturated rings. The van der Waals surface area contributed by atoms with Crippen molar-refractivity contribution in [1.82, 2.24) is 25.3 Å². The number of benzene rings is 1. The number of fused-ring (bicyclic) bond motifs is 1. The van der Waals surface area contributed by atoms with Gasteiger partial charge < -0.3 is 5.32 Å². The first-order chi connectivity index (χ1) is 14.9. The summed E-state index contributed by atoms with van der Waals surface area (Å²) in [5.41, 5.74) is 1.95. The van der Waals surface area contributed by atoms with Crippen LogP contribution in [-0.2, 0) is 16.1 Å². The lowest BCUT2D eigenvalue weighted by molar-refractivity contribution is -0.139. The van der Waals surface area contributed by atoms with Crippen LogP contribution in [0.3, 0.4) is 0 Å². The van der Waals surface area contributed by atoms with Gasteiger partial charge in [-0.05, 0) is 31.4 Å². The second kappa shape index (κ2) is 8.70. The molecule has 1 saturated carbocycles. The summed E-state index contributed by atoms with van der Waals surface area (Å²) in [6.45, 7) is 2.44. The number of urea groups is 1. The van der Waals surface area contributed by atoms with Crippen molar-refractivity contribution in [2.45, 2.75) is 62.7 Å². The topological polar surface area (TPSA) is 113 Å². The molecule has 1 saturated heterocycles. The number of amides is 4. The number of carbonyl (C=O) groups excluding carboxylic acids is 3. The van der Waals surface area contributed by atoms with Crippen molar-refractivity contribution in [2.75, 3.05) is 5.75 Å². The minimum absolute atomic E-state index is 0.0848. The number of carbonyl (C=O) groups is 3. The zero-order valence-electron chi connectivity index (χ0n) is 17.3. The third-order valence-corrected chi connectivity index (χ3v) is 6.69. The van der Waals surface area contributed by atoms with Crippen LogP contribution < -0.4 is 16.3 Å². The molecule has 2 aromatic rings. The van der Waals surface area contributed by atoms with Crippen LogP contribution in [0.15, 0.2) is 34.2 Å². The van der Waals surface area contributed by atoms with Gasteiger partial charge in [0.1, 0.15) is 5.54 Å². The Morgan fingerprint density at radius 2 is 1.94 bits per heavy atom. The fourth-order valence-corrected chi connectivity index (χ4v) is 5.00. The molecule has 0 bridgehead atoms. The second-order valence-electron chi connectivity index (χ2n) is 7.91. The molecule has 0 atom stereocenters. The highest BCUT2D eigenvalue weighted by molar-refractivity contribution is 7.99. The van der Waals surface area contributed by atoms with Gasteiger partial charge in [0.2, 0.25) is 5.91 Å². The van der Waals surface area contributed by atoms with E-state index in [2.05, 4.69) is 15.7 Å². The first kappa shape index (κ1) is 21.4. The molecule has 4 amide bonds. The van der Waals surface area contributed by atoms with E-state index in [0.717, 1.165) is 42.5 Å². The predicted octanol–water partition coefficient (Wildman–Crippen LogP) is 2.18. The number of rotatable bonds is 6. The van der Waals surface area contributed by atoms with Crippen LogP contribution in [0.2, 0.25) is 0 Å². The number of para-hydroxylation sites is 1. The first-order valence-corrected chi connectivity index (χ1v) is 11.5. The fraction of sp³-hybridized carbons (Fsp3) is 0.476. The molecule has 0 unspecified atom stereocenters. The van der Waals surface area contributed by atoms with E-state index in [1.807, 2.05) is 6.92 Å². The van der Waals surface area contributed by atoms with Gasteiger partial charge in [0, 0.05) is 6.54 Å². The Labute approximate surface area is 183 Å². The zero-order valence-corrected chi connectivity index (χ0v) is 18.2. The number of hydrogen-bond donors (Lipinski definition) is 2. The lowest BCUT2D eigenvalue weighted by atomic mass is 9.82. The van der Waals surface area contributed by atoms with Crippen molar-refractivity contribution >= 4 is 40.5 Å². The van der Waals surface area contributed by atoms with E-state index in [0.29, 0.717) is 35.4 Å².